The molecule has 0 bridgehead atoms. The van der Waals surface area contributed by atoms with Gasteiger partial charge >= 0.3 is 0 Å². The fraction of sp³-hybridized carbons (Fsp3) is 0.375. The molecule has 0 atom stereocenters. The number of amides is 1. The van der Waals surface area contributed by atoms with Crippen molar-refractivity contribution < 1.29 is 4.79 Å². The second-order valence-corrected chi connectivity index (χ2v) is 7.93. The Balaban J connectivity index is 1.71. The molecule has 0 radical (unpaired) electrons. The van der Waals surface area contributed by atoms with Crippen molar-refractivity contribution in [2.45, 2.75) is 44.1 Å². The number of guanidine groups is 1. The van der Waals surface area contributed by atoms with E-state index in [1.807, 2.05) is 43.4 Å². The van der Waals surface area contributed by atoms with Crippen LogP contribution in [0, 0.1) is 18.4 Å². The van der Waals surface area contributed by atoms with Crippen LogP contribution < -0.4 is 16.0 Å². The van der Waals surface area contributed by atoms with Crippen molar-refractivity contribution in [3.05, 3.63) is 71.3 Å². The maximum absolute atomic E-state index is 12.8. The number of aliphatic imine (C=N–C) groups is 1. The topological polar surface area (TPSA) is 89.3 Å². The number of benzene rings is 2. The molecule has 0 aliphatic heterocycles. The summed E-state index contributed by atoms with van der Waals surface area (Å²) in [5.41, 5.74) is 2.92. The van der Waals surface area contributed by atoms with Gasteiger partial charge in [0.15, 0.2) is 6.19 Å². The van der Waals surface area contributed by atoms with Gasteiger partial charge in [-0.3, -0.25) is 15.1 Å². The number of nitriles is 1. The summed E-state index contributed by atoms with van der Waals surface area (Å²) < 4.78 is 0. The first-order valence-electron chi connectivity index (χ1n) is 10.3. The smallest absolute Gasteiger partial charge is 0.251 e. The molecule has 0 heterocycles. The summed E-state index contributed by atoms with van der Waals surface area (Å²) >= 11 is 0. The SMILES string of the molecule is CN=C(NC#N)NC1CCC(CNC(=O)c2cccc(C)c2)(c2ccccc2)CC1. The molecule has 1 amide bonds. The van der Waals surface area contributed by atoms with E-state index in [-0.39, 0.29) is 17.4 Å². The fourth-order valence-corrected chi connectivity index (χ4v) is 4.21. The van der Waals surface area contributed by atoms with Crippen LogP contribution in [-0.2, 0) is 5.41 Å². The molecule has 30 heavy (non-hydrogen) atoms. The average molecular weight is 404 g/mol. The van der Waals surface area contributed by atoms with E-state index >= 15 is 0 Å². The van der Waals surface area contributed by atoms with Crippen LogP contribution in [0.4, 0.5) is 0 Å². The van der Waals surface area contributed by atoms with Crippen LogP contribution in [0.2, 0.25) is 0 Å². The molecule has 1 aliphatic rings. The van der Waals surface area contributed by atoms with Gasteiger partial charge in [0.05, 0.1) is 0 Å². The molecule has 6 heteroatoms. The maximum Gasteiger partial charge on any atom is 0.251 e. The van der Waals surface area contributed by atoms with Crippen molar-refractivity contribution in [2.24, 2.45) is 4.99 Å². The lowest BCUT2D eigenvalue weighted by Gasteiger charge is -2.41. The van der Waals surface area contributed by atoms with Gasteiger partial charge in [-0.2, -0.15) is 5.26 Å². The number of carbonyl (C=O) groups excluding carboxylic acids is 1. The standard InChI is InChI=1S/C24H29N5O/c1-18-7-6-8-19(15-18)22(30)27-16-24(20-9-4-3-5-10-20)13-11-21(12-14-24)29-23(26-2)28-17-25/h3-10,15,21H,11-14,16H2,1-2H3,(H,27,30)(H2,26,28,29). The van der Waals surface area contributed by atoms with E-state index in [2.05, 4.69) is 45.2 Å². The zero-order valence-corrected chi connectivity index (χ0v) is 17.6. The van der Waals surface area contributed by atoms with E-state index in [0.717, 1.165) is 31.2 Å². The molecule has 3 N–H and O–H groups in total. The van der Waals surface area contributed by atoms with E-state index in [0.29, 0.717) is 18.1 Å². The predicted octanol–water partition coefficient (Wildman–Crippen LogP) is 3.25. The van der Waals surface area contributed by atoms with E-state index in [4.69, 9.17) is 5.26 Å². The summed E-state index contributed by atoms with van der Waals surface area (Å²) in [6.07, 6.45) is 5.65. The molecule has 6 nitrogen and oxygen atoms in total. The molecule has 1 aliphatic carbocycles. The molecule has 0 aromatic heterocycles. The summed E-state index contributed by atoms with van der Waals surface area (Å²) in [6, 6.07) is 18.4. The molecule has 2 aromatic rings. The minimum atomic E-state index is -0.106. The van der Waals surface area contributed by atoms with Crippen LogP contribution in [-0.4, -0.2) is 31.5 Å². The predicted molar refractivity (Wildman–Crippen MR) is 119 cm³/mol. The van der Waals surface area contributed by atoms with Gasteiger partial charge in [0.1, 0.15) is 0 Å². The van der Waals surface area contributed by atoms with E-state index in [1.54, 1.807) is 7.05 Å². The van der Waals surface area contributed by atoms with Crippen LogP contribution in [0.5, 0.6) is 0 Å². The second-order valence-electron chi connectivity index (χ2n) is 7.93. The van der Waals surface area contributed by atoms with E-state index in [1.165, 1.54) is 5.56 Å². The van der Waals surface area contributed by atoms with Crippen molar-refractivity contribution in [1.29, 1.82) is 5.26 Å². The Bertz CT molecular complexity index is 924. The number of nitrogens with one attached hydrogen (secondary N) is 3. The van der Waals surface area contributed by atoms with Gasteiger partial charge in [0.25, 0.3) is 5.91 Å². The highest BCUT2D eigenvalue weighted by molar-refractivity contribution is 5.94. The number of rotatable bonds is 5. The Morgan fingerprint density at radius 2 is 1.90 bits per heavy atom. The van der Waals surface area contributed by atoms with Gasteiger partial charge < -0.3 is 10.6 Å². The number of carbonyl (C=O) groups is 1. The third-order valence-electron chi connectivity index (χ3n) is 5.94. The monoisotopic (exact) mass is 403 g/mol. The zero-order valence-electron chi connectivity index (χ0n) is 17.6. The third-order valence-corrected chi connectivity index (χ3v) is 5.94. The molecule has 1 fully saturated rings. The second kappa shape index (κ2) is 9.93. The zero-order chi connectivity index (χ0) is 21.4. The highest BCUT2D eigenvalue weighted by Gasteiger charge is 2.37. The summed E-state index contributed by atoms with van der Waals surface area (Å²) in [5.74, 6) is 0.468. The number of hydrogen-bond acceptors (Lipinski definition) is 3. The number of hydrogen-bond donors (Lipinski definition) is 3. The Morgan fingerprint density at radius 3 is 2.53 bits per heavy atom. The lowest BCUT2D eigenvalue weighted by atomic mass is 9.68. The Hall–Kier alpha value is -3.33. The van der Waals surface area contributed by atoms with Crippen LogP contribution >= 0.6 is 0 Å². The largest absolute Gasteiger partial charge is 0.353 e. The Kier molecular flexibility index (Phi) is 7.08. The molecular formula is C24H29N5O. The molecule has 0 spiro atoms. The number of nitrogens with zero attached hydrogens (tertiary/aromatic N) is 2. The first kappa shape index (κ1) is 21.4. The molecule has 1 saturated carbocycles. The molecule has 0 saturated heterocycles. The minimum Gasteiger partial charge on any atom is -0.353 e. The Labute approximate surface area is 178 Å². The highest BCUT2D eigenvalue weighted by atomic mass is 16.1. The Morgan fingerprint density at radius 1 is 1.17 bits per heavy atom. The lowest BCUT2D eigenvalue weighted by molar-refractivity contribution is 0.0935. The van der Waals surface area contributed by atoms with Gasteiger partial charge in [0, 0.05) is 30.6 Å². The summed E-state index contributed by atoms with van der Waals surface area (Å²) in [5, 5.41) is 17.9. The molecule has 156 valence electrons. The minimum absolute atomic E-state index is 0.0344. The fourth-order valence-electron chi connectivity index (χ4n) is 4.21. The van der Waals surface area contributed by atoms with Crippen molar-refractivity contribution in [3.63, 3.8) is 0 Å². The van der Waals surface area contributed by atoms with Crippen LogP contribution in [0.15, 0.2) is 59.6 Å². The summed E-state index contributed by atoms with van der Waals surface area (Å²) in [4.78, 5) is 16.8. The van der Waals surface area contributed by atoms with E-state index in [9.17, 15) is 4.79 Å². The molecule has 3 rings (SSSR count). The van der Waals surface area contributed by atoms with E-state index < -0.39 is 0 Å². The quantitative estimate of drug-likeness (QED) is 0.309. The molecular weight excluding hydrogens is 374 g/mol. The maximum atomic E-state index is 12.8. The lowest BCUT2D eigenvalue weighted by Crippen LogP contribution is -2.49. The normalized spacial score (nSPS) is 21.4. The van der Waals surface area contributed by atoms with Gasteiger partial charge in [0.2, 0.25) is 5.96 Å². The molecule has 2 aromatic carbocycles. The highest BCUT2D eigenvalue weighted by Crippen LogP contribution is 2.39. The summed E-state index contributed by atoms with van der Waals surface area (Å²) in [6.45, 7) is 2.59. The van der Waals surface area contributed by atoms with Crippen LogP contribution in [0.3, 0.4) is 0 Å². The van der Waals surface area contributed by atoms with Gasteiger partial charge in [-0.25, -0.2) is 0 Å². The van der Waals surface area contributed by atoms with Gasteiger partial charge in [-0.1, -0.05) is 48.0 Å². The first-order valence-corrected chi connectivity index (χ1v) is 10.3. The van der Waals surface area contributed by atoms with Gasteiger partial charge in [-0.05, 0) is 50.3 Å². The van der Waals surface area contributed by atoms with Crippen molar-refractivity contribution >= 4 is 11.9 Å². The van der Waals surface area contributed by atoms with Crippen molar-refractivity contribution in [1.82, 2.24) is 16.0 Å². The number of aryl methyl sites for hydroxylation is 1. The summed E-state index contributed by atoms with van der Waals surface area (Å²) in [7, 11) is 1.66. The third kappa shape index (κ3) is 5.18. The van der Waals surface area contributed by atoms with Gasteiger partial charge in [-0.15, -0.1) is 0 Å². The van der Waals surface area contributed by atoms with Crippen molar-refractivity contribution in [3.8, 4) is 6.19 Å². The average Bonchev–Trinajstić information content (AvgIpc) is 2.78. The first-order chi connectivity index (χ1) is 14.6. The van der Waals surface area contributed by atoms with Crippen molar-refractivity contribution in [2.75, 3.05) is 13.6 Å². The van der Waals surface area contributed by atoms with Crippen LogP contribution in [0.1, 0.15) is 47.2 Å². The molecule has 0 unspecified atom stereocenters. The van der Waals surface area contributed by atoms with Crippen LogP contribution in [0.25, 0.3) is 0 Å².